The van der Waals surface area contributed by atoms with Gasteiger partial charge < -0.3 is 24.4 Å². The zero-order chi connectivity index (χ0) is 21.3. The Kier molecular flexibility index (Phi) is 5.97. The topological polar surface area (TPSA) is 96.4 Å². The van der Waals surface area contributed by atoms with E-state index in [4.69, 9.17) is 9.47 Å². The SMILES string of the molecule is CCCCCN1CC=C[C@]23O[C@@H]4C=CCOC(=O)[C@@H]4[C@H]2C(=O)N(CCCO)C3C1=O. The number of unbranched alkanes of at least 4 members (excludes halogenated alkanes) is 2. The summed E-state index contributed by atoms with van der Waals surface area (Å²) in [6, 6.07) is -0.838. The van der Waals surface area contributed by atoms with Crippen LogP contribution in [-0.4, -0.2) is 83.3 Å². The molecule has 2 fully saturated rings. The van der Waals surface area contributed by atoms with Gasteiger partial charge in [-0.25, -0.2) is 0 Å². The minimum Gasteiger partial charge on any atom is -0.461 e. The first-order chi connectivity index (χ1) is 14.5. The first-order valence-electron chi connectivity index (χ1n) is 10.9. The molecule has 0 saturated carbocycles. The summed E-state index contributed by atoms with van der Waals surface area (Å²) in [5.74, 6) is -2.48. The van der Waals surface area contributed by atoms with Gasteiger partial charge in [-0.15, -0.1) is 0 Å². The highest BCUT2D eigenvalue weighted by Crippen LogP contribution is 2.53. The summed E-state index contributed by atoms with van der Waals surface area (Å²) in [7, 11) is 0. The van der Waals surface area contributed by atoms with E-state index >= 15 is 0 Å². The van der Waals surface area contributed by atoms with Gasteiger partial charge in [-0.05, 0) is 18.9 Å². The van der Waals surface area contributed by atoms with Crippen molar-refractivity contribution in [3.63, 3.8) is 0 Å². The number of carbonyl (C=O) groups is 3. The molecule has 2 saturated heterocycles. The van der Waals surface area contributed by atoms with Gasteiger partial charge in [0.15, 0.2) is 0 Å². The molecule has 4 aliphatic heterocycles. The molecule has 164 valence electrons. The van der Waals surface area contributed by atoms with Crippen LogP contribution in [0.5, 0.6) is 0 Å². The lowest BCUT2D eigenvalue weighted by atomic mass is 9.78. The fourth-order valence-corrected chi connectivity index (χ4v) is 5.25. The lowest BCUT2D eigenvalue weighted by Crippen LogP contribution is -2.55. The Morgan fingerprint density at radius 2 is 1.97 bits per heavy atom. The van der Waals surface area contributed by atoms with Crippen molar-refractivity contribution in [2.45, 2.75) is 50.4 Å². The van der Waals surface area contributed by atoms with Crippen LogP contribution in [0.1, 0.15) is 32.6 Å². The number of aliphatic hydroxyl groups is 1. The van der Waals surface area contributed by atoms with Crippen molar-refractivity contribution in [2.75, 3.05) is 32.8 Å². The highest BCUT2D eigenvalue weighted by Gasteiger charge is 2.71. The maximum Gasteiger partial charge on any atom is 0.313 e. The molecule has 1 unspecified atom stereocenters. The number of amides is 2. The van der Waals surface area contributed by atoms with Crippen LogP contribution in [0.2, 0.25) is 0 Å². The quantitative estimate of drug-likeness (QED) is 0.371. The molecule has 0 aromatic rings. The highest BCUT2D eigenvalue weighted by atomic mass is 16.6. The van der Waals surface area contributed by atoms with Crippen molar-refractivity contribution < 1.29 is 29.0 Å². The van der Waals surface area contributed by atoms with E-state index < -0.39 is 35.6 Å². The number of ether oxygens (including phenoxy) is 2. The van der Waals surface area contributed by atoms with E-state index in [9.17, 15) is 19.5 Å². The summed E-state index contributed by atoms with van der Waals surface area (Å²) in [6.07, 6.45) is 9.94. The fraction of sp³-hybridized carbons (Fsp3) is 0.682. The van der Waals surface area contributed by atoms with Gasteiger partial charge in [0.25, 0.3) is 0 Å². The minimum atomic E-state index is -1.20. The molecule has 4 rings (SSSR count). The third-order valence-corrected chi connectivity index (χ3v) is 6.59. The van der Waals surface area contributed by atoms with Crippen molar-refractivity contribution in [1.29, 1.82) is 0 Å². The Balaban J connectivity index is 1.73. The summed E-state index contributed by atoms with van der Waals surface area (Å²) < 4.78 is 11.7. The first kappa shape index (κ1) is 21.1. The minimum absolute atomic E-state index is 0.0872. The van der Waals surface area contributed by atoms with Crippen molar-refractivity contribution in [1.82, 2.24) is 9.80 Å². The molecule has 2 amide bonds. The van der Waals surface area contributed by atoms with E-state index in [1.54, 1.807) is 17.1 Å². The fourth-order valence-electron chi connectivity index (χ4n) is 5.25. The van der Waals surface area contributed by atoms with Gasteiger partial charge in [-0.1, -0.05) is 38.0 Å². The number of carbonyl (C=O) groups excluding carboxylic acids is 3. The largest absolute Gasteiger partial charge is 0.461 e. The molecule has 0 radical (unpaired) electrons. The molecule has 8 heteroatoms. The van der Waals surface area contributed by atoms with Crippen LogP contribution in [0.4, 0.5) is 0 Å². The normalized spacial score (nSPS) is 35.1. The summed E-state index contributed by atoms with van der Waals surface area (Å²) >= 11 is 0. The second kappa shape index (κ2) is 8.51. The predicted octanol–water partition coefficient (Wildman–Crippen LogP) is 0.651. The first-order valence-corrected chi connectivity index (χ1v) is 10.9. The lowest BCUT2D eigenvalue weighted by Gasteiger charge is -2.35. The standard InChI is InChI=1S/C22H30N2O6/c1-2-3-4-10-23-11-6-9-22-17(16-15(30-22)8-5-14-29-21(16)28)19(26)24(12-7-13-25)18(22)20(23)27/h5-6,8-9,15-18,25H,2-4,7,10-14H2,1H3/t15-,16+,17+,18?,22+/m1/s1. The van der Waals surface area contributed by atoms with Crippen molar-refractivity contribution in [2.24, 2.45) is 11.8 Å². The van der Waals surface area contributed by atoms with Crippen molar-refractivity contribution in [3.05, 3.63) is 24.3 Å². The molecule has 0 bridgehead atoms. The zero-order valence-corrected chi connectivity index (χ0v) is 17.4. The van der Waals surface area contributed by atoms with E-state index in [1.165, 1.54) is 4.90 Å². The Hall–Kier alpha value is -2.19. The second-order valence-electron chi connectivity index (χ2n) is 8.40. The van der Waals surface area contributed by atoms with E-state index in [2.05, 4.69) is 6.92 Å². The van der Waals surface area contributed by atoms with Gasteiger partial charge >= 0.3 is 5.97 Å². The molecule has 30 heavy (non-hydrogen) atoms. The highest BCUT2D eigenvalue weighted by molar-refractivity contribution is 5.99. The monoisotopic (exact) mass is 418 g/mol. The number of likely N-dealkylation sites (tertiary alicyclic amines) is 1. The van der Waals surface area contributed by atoms with Gasteiger partial charge in [-0.3, -0.25) is 14.4 Å². The molecule has 5 atom stereocenters. The third kappa shape index (κ3) is 3.26. The number of cyclic esters (lactones) is 1. The molecular weight excluding hydrogens is 388 g/mol. The molecule has 8 nitrogen and oxygen atoms in total. The van der Waals surface area contributed by atoms with Gasteiger partial charge in [-0.2, -0.15) is 0 Å². The van der Waals surface area contributed by atoms with Crippen LogP contribution in [-0.2, 0) is 23.9 Å². The number of nitrogens with zero attached hydrogens (tertiary/aromatic N) is 2. The van der Waals surface area contributed by atoms with Crippen LogP contribution in [0.15, 0.2) is 24.3 Å². The maximum atomic E-state index is 13.6. The number of fused-ring (bicyclic) bond motifs is 2. The van der Waals surface area contributed by atoms with Crippen molar-refractivity contribution >= 4 is 17.8 Å². The van der Waals surface area contributed by atoms with Crippen LogP contribution in [0.25, 0.3) is 0 Å². The summed E-state index contributed by atoms with van der Waals surface area (Å²) in [5, 5.41) is 9.33. The molecule has 4 heterocycles. The van der Waals surface area contributed by atoms with Gasteiger partial charge in [0.05, 0.1) is 12.0 Å². The number of esters is 1. The predicted molar refractivity (Wildman–Crippen MR) is 107 cm³/mol. The Labute approximate surface area is 176 Å². The zero-order valence-electron chi connectivity index (χ0n) is 17.4. The number of aliphatic hydroxyl groups excluding tert-OH is 1. The summed E-state index contributed by atoms with van der Waals surface area (Å²) in [4.78, 5) is 43.2. The second-order valence-corrected chi connectivity index (χ2v) is 8.40. The van der Waals surface area contributed by atoms with E-state index in [0.717, 1.165) is 19.3 Å². The van der Waals surface area contributed by atoms with E-state index in [-0.39, 0.29) is 31.6 Å². The van der Waals surface area contributed by atoms with Crippen LogP contribution < -0.4 is 0 Å². The Morgan fingerprint density at radius 3 is 2.73 bits per heavy atom. The number of hydrogen-bond acceptors (Lipinski definition) is 6. The Bertz CT molecular complexity index is 765. The van der Waals surface area contributed by atoms with Gasteiger partial charge in [0.1, 0.15) is 24.2 Å². The molecular formula is C22H30N2O6. The molecule has 0 aliphatic carbocycles. The van der Waals surface area contributed by atoms with Crippen LogP contribution in [0.3, 0.4) is 0 Å². The molecule has 4 aliphatic rings. The van der Waals surface area contributed by atoms with Crippen molar-refractivity contribution in [3.8, 4) is 0 Å². The molecule has 0 aromatic carbocycles. The Morgan fingerprint density at radius 1 is 1.13 bits per heavy atom. The number of hydrogen-bond donors (Lipinski definition) is 1. The summed E-state index contributed by atoms with van der Waals surface area (Å²) in [5.41, 5.74) is -1.20. The molecule has 1 spiro atoms. The van der Waals surface area contributed by atoms with Gasteiger partial charge in [0.2, 0.25) is 11.8 Å². The summed E-state index contributed by atoms with van der Waals surface area (Å²) in [6.45, 7) is 3.49. The molecule has 0 aromatic heterocycles. The number of rotatable bonds is 7. The third-order valence-electron chi connectivity index (χ3n) is 6.59. The molecule has 1 N–H and O–H groups in total. The van der Waals surface area contributed by atoms with Gasteiger partial charge in [0, 0.05) is 26.2 Å². The average Bonchev–Trinajstić information content (AvgIpc) is 3.03. The lowest BCUT2D eigenvalue weighted by molar-refractivity contribution is -0.153. The maximum absolute atomic E-state index is 13.6. The van der Waals surface area contributed by atoms with E-state index in [1.807, 2.05) is 12.2 Å². The van der Waals surface area contributed by atoms with Crippen LogP contribution >= 0.6 is 0 Å². The van der Waals surface area contributed by atoms with E-state index in [0.29, 0.717) is 19.5 Å². The smallest absolute Gasteiger partial charge is 0.313 e. The van der Waals surface area contributed by atoms with Crippen LogP contribution in [0, 0.1) is 11.8 Å². The average molecular weight is 418 g/mol.